The molecule has 0 unspecified atom stereocenters. The van der Waals surface area contributed by atoms with Crippen LogP contribution in [0.15, 0.2) is 18.2 Å². The van der Waals surface area contributed by atoms with Crippen molar-refractivity contribution in [2.45, 2.75) is 13.8 Å². The summed E-state index contributed by atoms with van der Waals surface area (Å²) in [5.41, 5.74) is 7.65. The Bertz CT molecular complexity index is 622. The summed E-state index contributed by atoms with van der Waals surface area (Å²) >= 11 is 0.973. The van der Waals surface area contributed by atoms with Gasteiger partial charge in [-0.05, 0) is 37.6 Å². The van der Waals surface area contributed by atoms with Crippen LogP contribution < -0.4 is 10.5 Å². The molecule has 100 valence electrons. The number of rotatable bonds is 4. The quantitative estimate of drug-likeness (QED) is 0.898. The predicted molar refractivity (Wildman–Crippen MR) is 74.8 cm³/mol. The topological polar surface area (TPSA) is 85.4 Å². The maximum absolute atomic E-state index is 11.2. The van der Waals surface area contributed by atoms with Gasteiger partial charge in [-0.25, -0.2) is 9.78 Å². The zero-order chi connectivity index (χ0) is 14.0. The van der Waals surface area contributed by atoms with Gasteiger partial charge in [-0.15, -0.1) is 0 Å². The summed E-state index contributed by atoms with van der Waals surface area (Å²) in [6.45, 7) is 4.41. The normalized spacial score (nSPS) is 10.4. The molecule has 0 aliphatic rings. The Balaban J connectivity index is 2.48. The van der Waals surface area contributed by atoms with E-state index in [2.05, 4.69) is 4.98 Å². The zero-order valence-electron chi connectivity index (χ0n) is 10.6. The van der Waals surface area contributed by atoms with Gasteiger partial charge >= 0.3 is 5.97 Å². The Hall–Kier alpha value is -2.08. The SMILES string of the molecule is CCOc1ccc(-c2nc(N)sc2C(=O)O)cc1C. The lowest BCUT2D eigenvalue weighted by Gasteiger charge is -2.08. The molecule has 0 saturated carbocycles. The molecular weight excluding hydrogens is 264 g/mol. The molecule has 1 heterocycles. The van der Waals surface area contributed by atoms with E-state index in [4.69, 9.17) is 15.6 Å². The van der Waals surface area contributed by atoms with Crippen LogP contribution in [-0.2, 0) is 0 Å². The van der Waals surface area contributed by atoms with E-state index < -0.39 is 5.97 Å². The fourth-order valence-corrected chi connectivity index (χ4v) is 2.48. The van der Waals surface area contributed by atoms with Crippen LogP contribution in [0.5, 0.6) is 5.75 Å². The second-order valence-corrected chi connectivity index (χ2v) is 4.98. The Labute approximate surface area is 114 Å². The summed E-state index contributed by atoms with van der Waals surface area (Å²) in [5.74, 6) is -0.234. The van der Waals surface area contributed by atoms with Crippen molar-refractivity contribution < 1.29 is 14.6 Å². The van der Waals surface area contributed by atoms with Crippen LogP contribution in [0.25, 0.3) is 11.3 Å². The molecule has 0 saturated heterocycles. The second-order valence-electron chi connectivity index (χ2n) is 3.95. The van der Waals surface area contributed by atoms with E-state index in [1.54, 1.807) is 6.07 Å². The van der Waals surface area contributed by atoms with Crippen LogP contribution in [0.4, 0.5) is 5.13 Å². The smallest absolute Gasteiger partial charge is 0.348 e. The Morgan fingerprint density at radius 2 is 2.26 bits per heavy atom. The summed E-state index contributed by atoms with van der Waals surface area (Å²) in [4.78, 5) is 15.4. The minimum absolute atomic E-state index is 0.154. The first kappa shape index (κ1) is 13.4. The van der Waals surface area contributed by atoms with Crippen LogP contribution in [0.2, 0.25) is 0 Å². The Kier molecular flexibility index (Phi) is 3.71. The summed E-state index contributed by atoms with van der Waals surface area (Å²) in [6.07, 6.45) is 0. The minimum atomic E-state index is -1.02. The summed E-state index contributed by atoms with van der Waals surface area (Å²) in [5, 5.41) is 9.39. The molecule has 5 nitrogen and oxygen atoms in total. The van der Waals surface area contributed by atoms with Crippen LogP contribution in [0, 0.1) is 6.92 Å². The number of aromatic carboxylic acids is 1. The zero-order valence-corrected chi connectivity index (χ0v) is 11.5. The Morgan fingerprint density at radius 1 is 1.53 bits per heavy atom. The van der Waals surface area contributed by atoms with Gasteiger partial charge in [0.1, 0.15) is 10.6 Å². The van der Waals surface area contributed by atoms with Crippen LogP contribution in [0.1, 0.15) is 22.2 Å². The number of ether oxygens (including phenoxy) is 1. The van der Waals surface area contributed by atoms with Gasteiger partial charge < -0.3 is 15.6 Å². The third kappa shape index (κ3) is 2.68. The van der Waals surface area contributed by atoms with Gasteiger partial charge in [0.2, 0.25) is 0 Å². The molecule has 19 heavy (non-hydrogen) atoms. The number of nitrogens with zero attached hydrogens (tertiary/aromatic N) is 1. The molecule has 6 heteroatoms. The fraction of sp³-hybridized carbons (Fsp3) is 0.231. The van der Waals surface area contributed by atoms with E-state index >= 15 is 0 Å². The molecular formula is C13H14N2O3S. The van der Waals surface area contributed by atoms with Gasteiger partial charge in [0.05, 0.1) is 12.3 Å². The number of nitrogens with two attached hydrogens (primary N) is 1. The number of carboxylic acids is 1. The van der Waals surface area contributed by atoms with E-state index in [1.807, 2.05) is 26.0 Å². The highest BCUT2D eigenvalue weighted by atomic mass is 32.1. The van der Waals surface area contributed by atoms with Gasteiger partial charge in [0.25, 0.3) is 0 Å². The van der Waals surface area contributed by atoms with Crippen molar-refractivity contribution in [3.05, 3.63) is 28.6 Å². The number of benzene rings is 1. The molecule has 0 aliphatic heterocycles. The standard InChI is InChI=1S/C13H14N2O3S/c1-3-18-9-5-4-8(6-7(9)2)10-11(12(16)17)19-13(14)15-10/h4-6H,3H2,1-2H3,(H2,14,15)(H,16,17). The molecule has 2 rings (SSSR count). The lowest BCUT2D eigenvalue weighted by molar-refractivity contribution is 0.0702. The van der Waals surface area contributed by atoms with Gasteiger partial charge in [-0.2, -0.15) is 0 Å². The average Bonchev–Trinajstić information content (AvgIpc) is 2.74. The summed E-state index contributed by atoms with van der Waals surface area (Å²) in [6, 6.07) is 5.46. The van der Waals surface area contributed by atoms with Gasteiger partial charge in [-0.1, -0.05) is 11.3 Å². The molecule has 0 atom stereocenters. The number of carbonyl (C=O) groups is 1. The fourth-order valence-electron chi connectivity index (χ4n) is 1.79. The van der Waals surface area contributed by atoms with Crippen molar-refractivity contribution in [1.29, 1.82) is 0 Å². The third-order valence-corrected chi connectivity index (χ3v) is 3.46. The van der Waals surface area contributed by atoms with Crippen molar-refractivity contribution in [3.8, 4) is 17.0 Å². The van der Waals surface area contributed by atoms with Crippen LogP contribution >= 0.6 is 11.3 Å². The number of nitrogen functional groups attached to an aromatic ring is 1. The summed E-state index contributed by atoms with van der Waals surface area (Å²) < 4.78 is 5.45. The number of aryl methyl sites for hydroxylation is 1. The van der Waals surface area contributed by atoms with Crippen LogP contribution in [-0.4, -0.2) is 22.7 Å². The lowest BCUT2D eigenvalue weighted by Crippen LogP contribution is -1.97. The summed E-state index contributed by atoms with van der Waals surface area (Å²) in [7, 11) is 0. The maximum Gasteiger partial charge on any atom is 0.348 e. The number of aromatic nitrogens is 1. The first-order valence-corrected chi connectivity index (χ1v) is 6.58. The molecule has 0 spiro atoms. The highest BCUT2D eigenvalue weighted by Gasteiger charge is 2.18. The third-order valence-electron chi connectivity index (χ3n) is 2.59. The largest absolute Gasteiger partial charge is 0.494 e. The van der Waals surface area contributed by atoms with Crippen LogP contribution in [0.3, 0.4) is 0 Å². The molecule has 3 N–H and O–H groups in total. The monoisotopic (exact) mass is 278 g/mol. The molecule has 1 aromatic heterocycles. The first-order valence-electron chi connectivity index (χ1n) is 5.76. The van der Waals surface area contributed by atoms with Gasteiger partial charge in [-0.3, -0.25) is 0 Å². The highest BCUT2D eigenvalue weighted by Crippen LogP contribution is 2.32. The molecule has 0 radical (unpaired) electrons. The molecule has 0 amide bonds. The van der Waals surface area contributed by atoms with E-state index in [0.717, 1.165) is 28.2 Å². The Morgan fingerprint density at radius 3 is 2.84 bits per heavy atom. The predicted octanol–water partition coefficient (Wildman–Crippen LogP) is 2.80. The molecule has 0 fully saturated rings. The molecule has 0 bridgehead atoms. The van der Waals surface area contributed by atoms with E-state index in [1.165, 1.54) is 0 Å². The second kappa shape index (κ2) is 5.27. The van der Waals surface area contributed by atoms with Crippen molar-refractivity contribution >= 4 is 22.4 Å². The highest BCUT2D eigenvalue weighted by molar-refractivity contribution is 7.17. The molecule has 1 aromatic carbocycles. The number of hydrogen-bond acceptors (Lipinski definition) is 5. The van der Waals surface area contributed by atoms with Crippen molar-refractivity contribution in [1.82, 2.24) is 4.98 Å². The molecule has 0 aliphatic carbocycles. The first-order chi connectivity index (χ1) is 9.02. The molecule has 2 aromatic rings. The maximum atomic E-state index is 11.2. The number of thiazole rings is 1. The van der Waals surface area contributed by atoms with Gasteiger partial charge in [0, 0.05) is 5.56 Å². The average molecular weight is 278 g/mol. The number of hydrogen-bond donors (Lipinski definition) is 2. The number of anilines is 1. The number of carboxylic acid groups (broad SMARTS) is 1. The van der Waals surface area contributed by atoms with Crippen molar-refractivity contribution in [2.75, 3.05) is 12.3 Å². The minimum Gasteiger partial charge on any atom is -0.494 e. The van der Waals surface area contributed by atoms with E-state index in [9.17, 15) is 4.79 Å². The van der Waals surface area contributed by atoms with Crippen molar-refractivity contribution in [3.63, 3.8) is 0 Å². The van der Waals surface area contributed by atoms with Crippen molar-refractivity contribution in [2.24, 2.45) is 0 Å². The van der Waals surface area contributed by atoms with E-state index in [0.29, 0.717) is 12.3 Å². The van der Waals surface area contributed by atoms with Gasteiger partial charge in [0.15, 0.2) is 5.13 Å². The van der Waals surface area contributed by atoms with E-state index in [-0.39, 0.29) is 10.0 Å². The lowest BCUT2D eigenvalue weighted by atomic mass is 10.1.